The number of Topliss-reactive ketones (excluding diaryl/α,β-unsaturated/α-hetero) is 1. The molecule has 0 saturated carbocycles. The number of rotatable bonds is 6. The first-order chi connectivity index (χ1) is 10.1. The number of benzene rings is 2. The van der Waals surface area contributed by atoms with Crippen LogP contribution in [-0.4, -0.2) is 28.6 Å². The zero-order chi connectivity index (χ0) is 15.2. The van der Waals surface area contributed by atoms with E-state index in [2.05, 4.69) is 17.4 Å². The number of ketones is 1. The number of carbonyl (C=O) groups excluding carboxylic acids is 1. The summed E-state index contributed by atoms with van der Waals surface area (Å²) in [4.78, 5) is 12.0. The number of hydrogen-bond donors (Lipinski definition) is 3. The van der Waals surface area contributed by atoms with Crippen LogP contribution in [0.3, 0.4) is 0 Å². The number of hydrogen-bond acceptors (Lipinski definition) is 4. The highest BCUT2D eigenvalue weighted by molar-refractivity contribution is 5.98. The van der Waals surface area contributed by atoms with Crippen molar-refractivity contribution in [3.8, 4) is 11.5 Å². The molecule has 0 aromatic heterocycles. The van der Waals surface area contributed by atoms with E-state index >= 15 is 0 Å². The Labute approximate surface area is 124 Å². The summed E-state index contributed by atoms with van der Waals surface area (Å²) in [6, 6.07) is 14.3. The van der Waals surface area contributed by atoms with Crippen molar-refractivity contribution in [3.05, 3.63) is 59.7 Å². The highest BCUT2D eigenvalue weighted by Crippen LogP contribution is 2.24. The van der Waals surface area contributed by atoms with Gasteiger partial charge in [-0.15, -0.1) is 0 Å². The second kappa shape index (κ2) is 6.90. The summed E-state index contributed by atoms with van der Waals surface area (Å²) in [5.74, 6) is -0.625. The fraction of sp³-hybridized carbons (Fsp3) is 0.235. The van der Waals surface area contributed by atoms with Gasteiger partial charge in [0.05, 0.1) is 6.54 Å². The normalized spacial score (nSPS) is 12.0. The smallest absolute Gasteiger partial charge is 0.176 e. The monoisotopic (exact) mass is 285 g/mol. The van der Waals surface area contributed by atoms with E-state index in [4.69, 9.17) is 0 Å². The van der Waals surface area contributed by atoms with Crippen molar-refractivity contribution in [2.75, 3.05) is 6.54 Å². The molecule has 2 rings (SSSR count). The van der Waals surface area contributed by atoms with Crippen molar-refractivity contribution >= 4 is 5.78 Å². The lowest BCUT2D eigenvalue weighted by atomic mass is 10.1. The Hall–Kier alpha value is -2.33. The quantitative estimate of drug-likeness (QED) is 0.563. The van der Waals surface area contributed by atoms with Gasteiger partial charge in [0.25, 0.3) is 0 Å². The molecular weight excluding hydrogens is 266 g/mol. The molecule has 0 amide bonds. The topological polar surface area (TPSA) is 69.6 Å². The minimum absolute atomic E-state index is 0.120. The SMILES string of the molecule is C[C@H](Cc1ccccc1)NCC(=O)c1ccc(O)c(O)c1. The van der Waals surface area contributed by atoms with Crippen molar-refractivity contribution in [1.29, 1.82) is 0 Å². The summed E-state index contributed by atoms with van der Waals surface area (Å²) in [5.41, 5.74) is 1.59. The molecule has 0 fully saturated rings. The van der Waals surface area contributed by atoms with Crippen LogP contribution >= 0.6 is 0 Å². The van der Waals surface area contributed by atoms with Gasteiger partial charge in [-0.1, -0.05) is 30.3 Å². The molecule has 0 heterocycles. The average Bonchev–Trinajstić information content (AvgIpc) is 2.48. The van der Waals surface area contributed by atoms with Gasteiger partial charge in [-0.25, -0.2) is 0 Å². The van der Waals surface area contributed by atoms with Crippen LogP contribution in [0.5, 0.6) is 11.5 Å². The Balaban J connectivity index is 1.87. The number of aromatic hydroxyl groups is 2. The van der Waals surface area contributed by atoms with Gasteiger partial charge in [0.1, 0.15) is 0 Å². The molecule has 3 N–H and O–H groups in total. The molecule has 21 heavy (non-hydrogen) atoms. The lowest BCUT2D eigenvalue weighted by Gasteiger charge is -2.13. The Bertz CT molecular complexity index is 611. The molecule has 0 radical (unpaired) electrons. The molecule has 2 aromatic rings. The third-order valence-corrected chi connectivity index (χ3v) is 3.29. The van der Waals surface area contributed by atoms with Gasteiger partial charge in [-0.05, 0) is 37.1 Å². The molecule has 2 aromatic carbocycles. The third-order valence-electron chi connectivity index (χ3n) is 3.29. The summed E-state index contributed by atoms with van der Waals surface area (Å²) < 4.78 is 0. The number of phenolic OH excluding ortho intramolecular Hbond substituents is 2. The molecule has 0 aliphatic rings. The largest absolute Gasteiger partial charge is 0.504 e. The summed E-state index contributed by atoms with van der Waals surface area (Å²) in [6.45, 7) is 2.22. The van der Waals surface area contributed by atoms with E-state index in [1.807, 2.05) is 25.1 Å². The second-order valence-electron chi connectivity index (χ2n) is 5.10. The number of carbonyl (C=O) groups is 1. The predicted molar refractivity (Wildman–Crippen MR) is 81.7 cm³/mol. The Kier molecular flexibility index (Phi) is 4.95. The van der Waals surface area contributed by atoms with Gasteiger partial charge in [0.2, 0.25) is 0 Å². The summed E-state index contributed by atoms with van der Waals surface area (Å²) in [7, 11) is 0. The summed E-state index contributed by atoms with van der Waals surface area (Å²) >= 11 is 0. The molecule has 0 spiro atoms. The van der Waals surface area contributed by atoms with E-state index in [9.17, 15) is 15.0 Å². The summed E-state index contributed by atoms with van der Waals surface area (Å²) in [5, 5.41) is 21.8. The molecule has 0 aliphatic heterocycles. The van der Waals surface area contributed by atoms with Crippen LogP contribution < -0.4 is 5.32 Å². The maximum absolute atomic E-state index is 12.0. The first-order valence-corrected chi connectivity index (χ1v) is 6.88. The van der Waals surface area contributed by atoms with Crippen LogP contribution in [-0.2, 0) is 6.42 Å². The molecule has 4 heteroatoms. The van der Waals surface area contributed by atoms with Crippen molar-refractivity contribution in [1.82, 2.24) is 5.32 Å². The van der Waals surface area contributed by atoms with E-state index in [0.717, 1.165) is 6.42 Å². The third kappa shape index (κ3) is 4.33. The number of nitrogens with one attached hydrogen (secondary N) is 1. The molecule has 0 bridgehead atoms. The van der Waals surface area contributed by atoms with Gasteiger partial charge in [0.15, 0.2) is 17.3 Å². The van der Waals surface area contributed by atoms with Gasteiger partial charge in [-0.3, -0.25) is 4.79 Å². The van der Waals surface area contributed by atoms with Crippen LogP contribution in [0.1, 0.15) is 22.8 Å². The minimum Gasteiger partial charge on any atom is -0.504 e. The zero-order valence-electron chi connectivity index (χ0n) is 11.9. The van der Waals surface area contributed by atoms with Crippen molar-refractivity contribution < 1.29 is 15.0 Å². The van der Waals surface area contributed by atoms with Gasteiger partial charge < -0.3 is 15.5 Å². The zero-order valence-corrected chi connectivity index (χ0v) is 11.9. The van der Waals surface area contributed by atoms with Crippen molar-refractivity contribution in [2.45, 2.75) is 19.4 Å². The molecule has 4 nitrogen and oxygen atoms in total. The fourth-order valence-corrected chi connectivity index (χ4v) is 2.11. The molecule has 0 unspecified atom stereocenters. The van der Waals surface area contributed by atoms with E-state index in [0.29, 0.717) is 5.56 Å². The van der Waals surface area contributed by atoms with Gasteiger partial charge in [0, 0.05) is 11.6 Å². The molecule has 1 atom stereocenters. The number of phenols is 2. The maximum Gasteiger partial charge on any atom is 0.176 e. The summed E-state index contributed by atoms with van der Waals surface area (Å²) in [6.07, 6.45) is 0.842. The van der Waals surface area contributed by atoms with Crippen LogP contribution in [0.4, 0.5) is 0 Å². The molecule has 0 aliphatic carbocycles. The second-order valence-corrected chi connectivity index (χ2v) is 5.10. The average molecular weight is 285 g/mol. The van der Waals surface area contributed by atoms with Gasteiger partial charge in [-0.2, -0.15) is 0 Å². The van der Waals surface area contributed by atoms with Crippen LogP contribution in [0.2, 0.25) is 0 Å². The van der Waals surface area contributed by atoms with Gasteiger partial charge >= 0.3 is 0 Å². The maximum atomic E-state index is 12.0. The Morgan fingerprint density at radius 3 is 2.48 bits per heavy atom. The van der Waals surface area contributed by atoms with Crippen LogP contribution in [0, 0.1) is 0 Å². The standard InChI is InChI=1S/C17H19NO3/c1-12(9-13-5-3-2-4-6-13)18-11-17(21)14-7-8-15(19)16(20)10-14/h2-8,10,12,18-20H,9,11H2,1H3/t12-/m1/s1. The highest BCUT2D eigenvalue weighted by atomic mass is 16.3. The molecule has 0 saturated heterocycles. The highest BCUT2D eigenvalue weighted by Gasteiger charge is 2.10. The van der Waals surface area contributed by atoms with Crippen molar-refractivity contribution in [3.63, 3.8) is 0 Å². The predicted octanol–water partition coefficient (Wildman–Crippen LogP) is 2.50. The lowest BCUT2D eigenvalue weighted by molar-refractivity contribution is 0.0987. The minimum atomic E-state index is -0.279. The molecule has 110 valence electrons. The fourth-order valence-electron chi connectivity index (χ4n) is 2.11. The van der Waals surface area contributed by atoms with Crippen molar-refractivity contribution in [2.24, 2.45) is 0 Å². The molecular formula is C17H19NO3. The van der Waals surface area contributed by atoms with E-state index in [-0.39, 0.29) is 29.9 Å². The van der Waals surface area contributed by atoms with E-state index < -0.39 is 0 Å². The van der Waals surface area contributed by atoms with Crippen LogP contribution in [0.25, 0.3) is 0 Å². The first kappa shape index (κ1) is 15.1. The van der Waals surface area contributed by atoms with Crippen LogP contribution in [0.15, 0.2) is 48.5 Å². The lowest BCUT2D eigenvalue weighted by Crippen LogP contribution is -2.33. The van der Waals surface area contributed by atoms with E-state index in [1.54, 1.807) is 0 Å². The van der Waals surface area contributed by atoms with E-state index in [1.165, 1.54) is 23.8 Å². The Morgan fingerprint density at radius 2 is 1.81 bits per heavy atom. The first-order valence-electron chi connectivity index (χ1n) is 6.88. The Morgan fingerprint density at radius 1 is 1.10 bits per heavy atom.